The van der Waals surface area contributed by atoms with Crippen molar-refractivity contribution in [2.24, 2.45) is 0 Å². The monoisotopic (exact) mass is 267 g/mol. The van der Waals surface area contributed by atoms with Gasteiger partial charge in [-0.1, -0.05) is 30.3 Å². The maximum Gasteiger partial charge on any atom is 0.335 e. The van der Waals surface area contributed by atoms with Gasteiger partial charge in [-0.2, -0.15) is 0 Å². The number of hydrogen-bond acceptors (Lipinski definition) is 3. The third kappa shape index (κ3) is 3.55. The number of rotatable bonds is 5. The van der Waals surface area contributed by atoms with Crippen LogP contribution in [0.5, 0.6) is 0 Å². The maximum absolute atomic E-state index is 11.8. The lowest BCUT2D eigenvalue weighted by Gasteiger charge is -2.01. The standard InChI is InChI=1S/C16H13NO3/c18-15(12-4-2-1-3-5-12)10-11-17-14-8-6-13(7-9-14)16(19)20/h1-11,17H,(H,19,20)/b11-10+. The van der Waals surface area contributed by atoms with E-state index in [1.165, 1.54) is 24.4 Å². The Hall–Kier alpha value is -2.88. The average molecular weight is 267 g/mol. The molecular formula is C16H13NO3. The van der Waals surface area contributed by atoms with Crippen LogP contribution in [-0.2, 0) is 0 Å². The van der Waals surface area contributed by atoms with Gasteiger partial charge in [-0.3, -0.25) is 4.79 Å². The third-order valence-corrected chi connectivity index (χ3v) is 2.67. The number of carboxylic acid groups (broad SMARTS) is 1. The summed E-state index contributed by atoms with van der Waals surface area (Å²) in [4.78, 5) is 22.5. The topological polar surface area (TPSA) is 66.4 Å². The number of anilines is 1. The van der Waals surface area contributed by atoms with Gasteiger partial charge in [0.05, 0.1) is 5.56 Å². The summed E-state index contributed by atoms with van der Waals surface area (Å²) in [7, 11) is 0. The molecule has 0 aliphatic carbocycles. The molecule has 0 bridgehead atoms. The van der Waals surface area contributed by atoms with Gasteiger partial charge in [-0.15, -0.1) is 0 Å². The quantitative estimate of drug-likeness (QED) is 0.645. The molecule has 0 aliphatic heterocycles. The van der Waals surface area contributed by atoms with Crippen LogP contribution in [0.25, 0.3) is 0 Å². The van der Waals surface area contributed by atoms with E-state index in [1.54, 1.807) is 36.4 Å². The first-order valence-electron chi connectivity index (χ1n) is 6.02. The zero-order chi connectivity index (χ0) is 14.4. The number of carbonyl (C=O) groups is 2. The van der Waals surface area contributed by atoms with Gasteiger partial charge in [-0.25, -0.2) is 4.79 Å². The number of carbonyl (C=O) groups excluding carboxylic acids is 1. The predicted octanol–water partition coefficient (Wildman–Crippen LogP) is 3.19. The first-order chi connectivity index (χ1) is 9.66. The number of carboxylic acids is 1. The molecule has 0 heterocycles. The van der Waals surface area contributed by atoms with E-state index in [1.807, 2.05) is 6.07 Å². The van der Waals surface area contributed by atoms with Crippen LogP contribution >= 0.6 is 0 Å². The van der Waals surface area contributed by atoms with E-state index in [4.69, 9.17) is 5.11 Å². The van der Waals surface area contributed by atoms with Crippen LogP contribution in [0.4, 0.5) is 5.69 Å². The lowest BCUT2D eigenvalue weighted by molar-refractivity contribution is 0.0696. The Morgan fingerprint density at radius 1 is 0.900 bits per heavy atom. The molecule has 0 radical (unpaired) electrons. The summed E-state index contributed by atoms with van der Waals surface area (Å²) < 4.78 is 0. The molecule has 0 saturated carbocycles. The van der Waals surface area contributed by atoms with E-state index >= 15 is 0 Å². The second kappa shape index (κ2) is 6.33. The van der Waals surface area contributed by atoms with E-state index in [0.29, 0.717) is 11.3 Å². The number of benzene rings is 2. The first kappa shape index (κ1) is 13.5. The van der Waals surface area contributed by atoms with Crippen molar-refractivity contribution < 1.29 is 14.7 Å². The van der Waals surface area contributed by atoms with E-state index in [-0.39, 0.29) is 11.3 Å². The molecule has 0 saturated heterocycles. The van der Waals surface area contributed by atoms with Gasteiger partial charge >= 0.3 is 5.97 Å². The van der Waals surface area contributed by atoms with E-state index in [2.05, 4.69) is 5.32 Å². The molecule has 4 nitrogen and oxygen atoms in total. The highest BCUT2D eigenvalue weighted by Crippen LogP contribution is 2.09. The SMILES string of the molecule is O=C(O)c1ccc(N/C=C/C(=O)c2ccccc2)cc1. The van der Waals surface area contributed by atoms with Crippen molar-refractivity contribution in [1.82, 2.24) is 0 Å². The normalized spacial score (nSPS) is 10.4. The van der Waals surface area contributed by atoms with Crippen LogP contribution in [0.3, 0.4) is 0 Å². The fraction of sp³-hybridized carbons (Fsp3) is 0. The van der Waals surface area contributed by atoms with Crippen LogP contribution < -0.4 is 5.32 Å². The molecule has 20 heavy (non-hydrogen) atoms. The molecule has 0 fully saturated rings. The summed E-state index contributed by atoms with van der Waals surface area (Å²) in [6, 6.07) is 15.2. The van der Waals surface area contributed by atoms with Gasteiger partial charge in [0.2, 0.25) is 0 Å². The van der Waals surface area contributed by atoms with Crippen molar-refractivity contribution in [3.63, 3.8) is 0 Å². The predicted molar refractivity (Wildman–Crippen MR) is 76.9 cm³/mol. The largest absolute Gasteiger partial charge is 0.478 e. The van der Waals surface area contributed by atoms with Crippen LogP contribution in [0, 0.1) is 0 Å². The molecule has 0 spiro atoms. The van der Waals surface area contributed by atoms with Gasteiger partial charge in [0, 0.05) is 23.5 Å². The fourth-order valence-electron chi connectivity index (χ4n) is 1.62. The Kier molecular flexibility index (Phi) is 4.29. The summed E-state index contributed by atoms with van der Waals surface area (Å²) in [5.74, 6) is -1.06. The zero-order valence-corrected chi connectivity index (χ0v) is 10.6. The molecule has 2 rings (SSSR count). The van der Waals surface area contributed by atoms with Crippen molar-refractivity contribution in [2.75, 3.05) is 5.32 Å². The molecule has 2 aromatic carbocycles. The van der Waals surface area contributed by atoms with Gasteiger partial charge in [-0.05, 0) is 24.3 Å². The van der Waals surface area contributed by atoms with E-state index in [9.17, 15) is 9.59 Å². The molecule has 2 N–H and O–H groups in total. The Morgan fingerprint density at radius 2 is 1.55 bits per heavy atom. The number of aromatic carboxylic acids is 1. The average Bonchev–Trinajstić information content (AvgIpc) is 2.48. The molecule has 2 aromatic rings. The summed E-state index contributed by atoms with van der Waals surface area (Å²) in [6.45, 7) is 0. The summed E-state index contributed by atoms with van der Waals surface area (Å²) in [5.41, 5.74) is 1.55. The Balaban J connectivity index is 1.96. The Morgan fingerprint density at radius 3 is 2.15 bits per heavy atom. The van der Waals surface area contributed by atoms with Crippen molar-refractivity contribution in [3.8, 4) is 0 Å². The fourth-order valence-corrected chi connectivity index (χ4v) is 1.62. The summed E-state index contributed by atoms with van der Waals surface area (Å²) in [6.07, 6.45) is 2.96. The smallest absolute Gasteiger partial charge is 0.335 e. The zero-order valence-electron chi connectivity index (χ0n) is 10.6. The second-order valence-electron chi connectivity index (χ2n) is 4.09. The highest BCUT2D eigenvalue weighted by atomic mass is 16.4. The lowest BCUT2D eigenvalue weighted by Crippen LogP contribution is -1.97. The van der Waals surface area contributed by atoms with Gasteiger partial charge < -0.3 is 10.4 Å². The number of allylic oxidation sites excluding steroid dienone is 1. The van der Waals surface area contributed by atoms with Crippen molar-refractivity contribution in [1.29, 1.82) is 0 Å². The van der Waals surface area contributed by atoms with Gasteiger partial charge in [0.25, 0.3) is 0 Å². The highest BCUT2D eigenvalue weighted by molar-refractivity contribution is 6.04. The second-order valence-corrected chi connectivity index (χ2v) is 4.09. The van der Waals surface area contributed by atoms with Crippen LogP contribution in [-0.4, -0.2) is 16.9 Å². The Bertz CT molecular complexity index is 631. The first-order valence-corrected chi connectivity index (χ1v) is 6.02. The molecule has 0 aliphatic rings. The molecule has 0 unspecified atom stereocenters. The van der Waals surface area contributed by atoms with E-state index < -0.39 is 5.97 Å². The Labute approximate surface area is 116 Å². The van der Waals surface area contributed by atoms with Crippen LogP contribution in [0.1, 0.15) is 20.7 Å². The van der Waals surface area contributed by atoms with Gasteiger partial charge in [0.1, 0.15) is 0 Å². The number of hydrogen-bond donors (Lipinski definition) is 2. The minimum absolute atomic E-state index is 0.0970. The minimum Gasteiger partial charge on any atom is -0.478 e. The van der Waals surface area contributed by atoms with Crippen molar-refractivity contribution >= 4 is 17.4 Å². The van der Waals surface area contributed by atoms with E-state index in [0.717, 1.165) is 0 Å². The maximum atomic E-state index is 11.8. The van der Waals surface area contributed by atoms with Gasteiger partial charge in [0.15, 0.2) is 5.78 Å². The molecule has 0 aromatic heterocycles. The molecule has 0 amide bonds. The number of ketones is 1. The summed E-state index contributed by atoms with van der Waals surface area (Å²) in [5, 5.41) is 11.7. The molecular weight excluding hydrogens is 254 g/mol. The van der Waals surface area contributed by atoms with Crippen LogP contribution in [0.15, 0.2) is 66.9 Å². The number of nitrogens with one attached hydrogen (secondary N) is 1. The summed E-state index contributed by atoms with van der Waals surface area (Å²) >= 11 is 0. The minimum atomic E-state index is -0.966. The highest BCUT2D eigenvalue weighted by Gasteiger charge is 2.01. The van der Waals surface area contributed by atoms with Crippen molar-refractivity contribution in [3.05, 3.63) is 78.0 Å². The van der Waals surface area contributed by atoms with Crippen molar-refractivity contribution in [2.45, 2.75) is 0 Å². The molecule has 4 heteroatoms. The molecule has 100 valence electrons. The third-order valence-electron chi connectivity index (χ3n) is 2.67. The molecule has 0 atom stereocenters. The lowest BCUT2D eigenvalue weighted by atomic mass is 10.1. The van der Waals surface area contributed by atoms with Crippen LogP contribution in [0.2, 0.25) is 0 Å².